The second kappa shape index (κ2) is 8.39. The maximum atomic E-state index is 12.6. The number of nitrogens with zero attached hydrogens (tertiary/aromatic N) is 3. The van der Waals surface area contributed by atoms with Crippen molar-refractivity contribution in [1.29, 1.82) is 0 Å². The maximum absolute atomic E-state index is 12.6. The third-order valence-electron chi connectivity index (χ3n) is 4.56. The summed E-state index contributed by atoms with van der Waals surface area (Å²) in [6.07, 6.45) is 1.82. The fourth-order valence-electron chi connectivity index (χ4n) is 3.20. The summed E-state index contributed by atoms with van der Waals surface area (Å²) < 4.78 is 28.7. The van der Waals surface area contributed by atoms with Crippen LogP contribution in [0.4, 0.5) is 0 Å². The second-order valence-electron chi connectivity index (χ2n) is 6.66. The molecule has 27 heavy (non-hydrogen) atoms. The van der Waals surface area contributed by atoms with Gasteiger partial charge in [0.15, 0.2) is 9.84 Å². The quantitative estimate of drug-likeness (QED) is 0.695. The second-order valence-corrected chi connectivity index (χ2v) is 9.33. The zero-order chi connectivity index (χ0) is 19.4. The Bertz CT molecular complexity index is 896. The van der Waals surface area contributed by atoms with Crippen LogP contribution in [0.25, 0.3) is 11.4 Å². The van der Waals surface area contributed by atoms with Crippen LogP contribution in [0, 0.1) is 0 Å². The largest absolute Gasteiger partial charge is 0.339 e. The number of carbonyl (C=O) groups excluding carboxylic acids is 1. The summed E-state index contributed by atoms with van der Waals surface area (Å²) in [5.41, 5.74) is 0.782. The van der Waals surface area contributed by atoms with E-state index in [0.717, 1.165) is 12.0 Å². The number of rotatable bonds is 7. The van der Waals surface area contributed by atoms with Gasteiger partial charge >= 0.3 is 0 Å². The van der Waals surface area contributed by atoms with Crippen LogP contribution >= 0.6 is 11.6 Å². The van der Waals surface area contributed by atoms with Gasteiger partial charge in [-0.1, -0.05) is 23.7 Å². The first kappa shape index (κ1) is 19.8. The van der Waals surface area contributed by atoms with Gasteiger partial charge in [0.2, 0.25) is 17.6 Å². The van der Waals surface area contributed by atoms with Crippen molar-refractivity contribution in [3.8, 4) is 11.4 Å². The van der Waals surface area contributed by atoms with Crippen LogP contribution in [0.3, 0.4) is 0 Å². The first-order valence-corrected chi connectivity index (χ1v) is 11.2. The van der Waals surface area contributed by atoms with E-state index in [-0.39, 0.29) is 29.9 Å². The minimum absolute atomic E-state index is 0.0556. The normalized spacial score (nSPS) is 18.5. The Morgan fingerprint density at radius 2 is 2.07 bits per heavy atom. The number of halogens is 1. The molecule has 1 aromatic carbocycles. The molecule has 7 nitrogen and oxygen atoms in total. The molecule has 0 N–H and O–H groups in total. The van der Waals surface area contributed by atoms with Crippen LogP contribution in [0.15, 0.2) is 28.8 Å². The lowest BCUT2D eigenvalue weighted by atomic mass is 10.1. The monoisotopic (exact) mass is 411 g/mol. The van der Waals surface area contributed by atoms with Crippen LogP contribution in [0.5, 0.6) is 0 Å². The first-order valence-electron chi connectivity index (χ1n) is 8.96. The fourth-order valence-corrected chi connectivity index (χ4v) is 5.06. The highest BCUT2D eigenvalue weighted by Crippen LogP contribution is 2.21. The van der Waals surface area contributed by atoms with Crippen LogP contribution in [0.1, 0.15) is 32.1 Å². The molecule has 1 aliphatic rings. The van der Waals surface area contributed by atoms with Gasteiger partial charge in [0.05, 0.1) is 11.5 Å². The number of carbonyl (C=O) groups is 1. The van der Waals surface area contributed by atoms with Crippen molar-refractivity contribution in [2.75, 3.05) is 18.1 Å². The molecule has 9 heteroatoms. The van der Waals surface area contributed by atoms with E-state index < -0.39 is 9.84 Å². The van der Waals surface area contributed by atoms with Crippen LogP contribution in [-0.2, 0) is 21.1 Å². The lowest BCUT2D eigenvalue weighted by Gasteiger charge is -2.27. The van der Waals surface area contributed by atoms with Gasteiger partial charge in [-0.05, 0) is 37.1 Å². The minimum atomic E-state index is -3.03. The van der Waals surface area contributed by atoms with E-state index in [4.69, 9.17) is 16.1 Å². The van der Waals surface area contributed by atoms with Gasteiger partial charge < -0.3 is 9.42 Å². The van der Waals surface area contributed by atoms with E-state index in [9.17, 15) is 13.2 Å². The van der Waals surface area contributed by atoms with Gasteiger partial charge in [-0.15, -0.1) is 0 Å². The zero-order valence-electron chi connectivity index (χ0n) is 15.1. The van der Waals surface area contributed by atoms with Crippen molar-refractivity contribution < 1.29 is 17.7 Å². The van der Waals surface area contributed by atoms with E-state index in [0.29, 0.717) is 36.1 Å². The molecule has 0 radical (unpaired) electrons. The number of aryl methyl sites for hydroxylation is 1. The van der Waals surface area contributed by atoms with Crippen molar-refractivity contribution in [2.45, 2.75) is 38.6 Å². The molecule has 146 valence electrons. The average Bonchev–Trinajstić information content (AvgIpc) is 3.24. The number of amides is 1. The number of sulfone groups is 1. The van der Waals surface area contributed by atoms with E-state index in [1.165, 1.54) is 0 Å². The molecule has 1 saturated heterocycles. The Hall–Kier alpha value is -1.93. The van der Waals surface area contributed by atoms with Gasteiger partial charge in [-0.25, -0.2) is 8.42 Å². The molecule has 0 bridgehead atoms. The van der Waals surface area contributed by atoms with E-state index in [1.54, 1.807) is 29.2 Å². The lowest BCUT2D eigenvalue weighted by molar-refractivity contribution is -0.133. The van der Waals surface area contributed by atoms with E-state index in [1.807, 2.05) is 6.92 Å². The van der Waals surface area contributed by atoms with E-state index >= 15 is 0 Å². The van der Waals surface area contributed by atoms with Gasteiger partial charge in [0, 0.05) is 36.0 Å². The minimum Gasteiger partial charge on any atom is -0.339 e. The number of benzene rings is 1. The Labute approximate surface area is 163 Å². The van der Waals surface area contributed by atoms with Crippen molar-refractivity contribution >= 4 is 27.3 Å². The third kappa shape index (κ3) is 5.07. The molecule has 1 atom stereocenters. The molecular formula is C18H22ClN3O4S. The van der Waals surface area contributed by atoms with Gasteiger partial charge in [0.1, 0.15) is 0 Å². The van der Waals surface area contributed by atoms with Crippen LogP contribution in [-0.4, -0.2) is 53.5 Å². The molecule has 1 fully saturated rings. The fraction of sp³-hybridized carbons (Fsp3) is 0.500. The summed E-state index contributed by atoms with van der Waals surface area (Å²) in [7, 11) is -3.03. The summed E-state index contributed by atoms with van der Waals surface area (Å²) in [6.45, 7) is 2.53. The summed E-state index contributed by atoms with van der Waals surface area (Å²) >= 11 is 5.87. The van der Waals surface area contributed by atoms with Crippen molar-refractivity contribution in [3.63, 3.8) is 0 Å². The van der Waals surface area contributed by atoms with Crippen LogP contribution < -0.4 is 0 Å². The Kier molecular flexibility index (Phi) is 6.16. The number of hydrogen-bond donors (Lipinski definition) is 0. The molecule has 1 aliphatic heterocycles. The summed E-state index contributed by atoms with van der Waals surface area (Å²) in [5, 5.41) is 4.56. The van der Waals surface area contributed by atoms with Gasteiger partial charge in [-0.2, -0.15) is 4.98 Å². The van der Waals surface area contributed by atoms with Gasteiger partial charge in [-0.3, -0.25) is 4.79 Å². The average molecular weight is 412 g/mol. The molecule has 1 aromatic heterocycles. The first-order chi connectivity index (χ1) is 12.9. The van der Waals surface area contributed by atoms with Crippen molar-refractivity contribution in [1.82, 2.24) is 15.0 Å². The van der Waals surface area contributed by atoms with Crippen molar-refractivity contribution in [3.05, 3.63) is 35.2 Å². The van der Waals surface area contributed by atoms with Crippen molar-refractivity contribution in [2.24, 2.45) is 0 Å². The summed E-state index contributed by atoms with van der Waals surface area (Å²) in [4.78, 5) is 18.7. The smallest absolute Gasteiger partial charge is 0.227 e. The molecule has 3 rings (SSSR count). The maximum Gasteiger partial charge on any atom is 0.227 e. The molecule has 0 spiro atoms. The standard InChI is InChI=1S/C18H22ClN3O4S/c1-2-10-22(15-9-11-27(24,25)12-15)17(23)8-7-16-20-18(21-26-16)13-3-5-14(19)6-4-13/h3-6,15H,2,7-12H2,1H3. The predicted octanol–water partition coefficient (Wildman–Crippen LogP) is 2.75. The predicted molar refractivity (Wildman–Crippen MR) is 102 cm³/mol. The number of hydrogen-bond acceptors (Lipinski definition) is 6. The third-order valence-corrected chi connectivity index (χ3v) is 6.56. The lowest BCUT2D eigenvalue weighted by Crippen LogP contribution is -2.41. The molecule has 0 aliphatic carbocycles. The zero-order valence-corrected chi connectivity index (χ0v) is 16.7. The molecule has 2 heterocycles. The molecule has 1 amide bonds. The summed E-state index contributed by atoms with van der Waals surface area (Å²) in [6, 6.07) is 6.86. The Balaban J connectivity index is 1.61. The highest BCUT2D eigenvalue weighted by atomic mass is 35.5. The van der Waals surface area contributed by atoms with Crippen LogP contribution in [0.2, 0.25) is 5.02 Å². The Morgan fingerprint density at radius 1 is 1.33 bits per heavy atom. The van der Waals surface area contributed by atoms with E-state index in [2.05, 4.69) is 10.1 Å². The SMILES string of the molecule is CCCN(C(=O)CCc1nc(-c2ccc(Cl)cc2)no1)C1CCS(=O)(=O)C1. The summed E-state index contributed by atoms with van der Waals surface area (Å²) in [5.74, 6) is 0.953. The topological polar surface area (TPSA) is 93.4 Å². The molecule has 2 aromatic rings. The molecule has 0 saturated carbocycles. The Morgan fingerprint density at radius 3 is 2.70 bits per heavy atom. The highest BCUT2D eigenvalue weighted by molar-refractivity contribution is 7.91. The number of aromatic nitrogens is 2. The highest BCUT2D eigenvalue weighted by Gasteiger charge is 2.34. The molecular weight excluding hydrogens is 390 g/mol. The molecule has 1 unspecified atom stereocenters. The van der Waals surface area contributed by atoms with Gasteiger partial charge in [0.25, 0.3) is 0 Å².